The lowest BCUT2D eigenvalue weighted by molar-refractivity contribution is -0.138. The Morgan fingerprint density at radius 1 is 1.25 bits per heavy atom. The molecule has 0 spiro atoms. The zero-order chi connectivity index (χ0) is 17.7. The molecule has 0 fully saturated rings. The number of hydrogen-bond acceptors (Lipinski definition) is 3. The summed E-state index contributed by atoms with van der Waals surface area (Å²) in [6, 6.07) is 7.73. The number of aromatic nitrogens is 2. The largest absolute Gasteiger partial charge is 0.419 e. The molecule has 1 aromatic carbocycles. The van der Waals surface area contributed by atoms with E-state index >= 15 is 0 Å². The van der Waals surface area contributed by atoms with Crippen LogP contribution in [0.25, 0.3) is 0 Å². The third-order valence-corrected chi connectivity index (χ3v) is 3.25. The van der Waals surface area contributed by atoms with Crippen LogP contribution in [-0.2, 0) is 12.7 Å². The van der Waals surface area contributed by atoms with Gasteiger partial charge in [0.15, 0.2) is 5.96 Å². The van der Waals surface area contributed by atoms with Gasteiger partial charge >= 0.3 is 6.18 Å². The number of rotatable bonds is 4. The second-order valence-electron chi connectivity index (χ2n) is 5.49. The first-order chi connectivity index (χ1) is 11.3. The summed E-state index contributed by atoms with van der Waals surface area (Å²) in [6.07, 6.45) is -3.00. The van der Waals surface area contributed by atoms with Gasteiger partial charge in [0.05, 0.1) is 5.56 Å². The van der Waals surface area contributed by atoms with Gasteiger partial charge < -0.3 is 11.1 Å². The van der Waals surface area contributed by atoms with Crippen LogP contribution in [0, 0.1) is 0 Å². The topological polar surface area (TPSA) is 76.2 Å². The second kappa shape index (κ2) is 7.29. The highest BCUT2D eigenvalue weighted by Gasteiger charge is 2.31. The Balaban J connectivity index is 2.00. The Labute approximate surface area is 137 Å². The molecule has 1 aromatic heterocycles. The fraction of sp³-hybridized carbons (Fsp3) is 0.312. The number of guanidine groups is 1. The summed E-state index contributed by atoms with van der Waals surface area (Å²) in [6.45, 7) is 4.15. The summed E-state index contributed by atoms with van der Waals surface area (Å²) >= 11 is 0. The van der Waals surface area contributed by atoms with Gasteiger partial charge in [0.2, 0.25) is 0 Å². The van der Waals surface area contributed by atoms with Crippen molar-refractivity contribution in [1.82, 2.24) is 9.97 Å². The van der Waals surface area contributed by atoms with E-state index in [1.165, 1.54) is 0 Å². The third kappa shape index (κ3) is 4.94. The minimum atomic E-state index is -4.45. The van der Waals surface area contributed by atoms with Gasteiger partial charge in [0.1, 0.15) is 12.4 Å². The number of halogens is 3. The molecule has 0 unspecified atom stereocenters. The molecule has 0 atom stereocenters. The van der Waals surface area contributed by atoms with Gasteiger partial charge in [-0.2, -0.15) is 13.2 Å². The zero-order valence-corrected chi connectivity index (χ0v) is 13.3. The van der Waals surface area contributed by atoms with Crippen LogP contribution < -0.4 is 11.1 Å². The predicted octanol–water partition coefficient (Wildman–Crippen LogP) is 3.55. The van der Waals surface area contributed by atoms with E-state index in [0.717, 1.165) is 23.6 Å². The molecule has 2 rings (SSSR count). The average Bonchev–Trinajstić information content (AvgIpc) is 2.53. The summed E-state index contributed by atoms with van der Waals surface area (Å²) < 4.78 is 37.3. The van der Waals surface area contributed by atoms with Crippen molar-refractivity contribution < 1.29 is 13.2 Å². The molecule has 0 saturated carbocycles. The quantitative estimate of drug-likeness (QED) is 0.661. The minimum Gasteiger partial charge on any atom is -0.370 e. The van der Waals surface area contributed by atoms with Crippen LogP contribution in [-0.4, -0.2) is 15.9 Å². The molecule has 0 amide bonds. The Kier molecular flexibility index (Phi) is 5.38. The average molecular weight is 337 g/mol. The van der Waals surface area contributed by atoms with Gasteiger partial charge in [-0.15, -0.1) is 0 Å². The molecule has 8 heteroatoms. The molecule has 24 heavy (non-hydrogen) atoms. The number of nitrogens with one attached hydrogen (secondary N) is 1. The van der Waals surface area contributed by atoms with Gasteiger partial charge in [-0.3, -0.25) is 0 Å². The van der Waals surface area contributed by atoms with Crippen LogP contribution in [0.2, 0.25) is 0 Å². The monoisotopic (exact) mass is 337 g/mol. The van der Waals surface area contributed by atoms with Gasteiger partial charge in [0, 0.05) is 18.1 Å². The van der Waals surface area contributed by atoms with E-state index in [1.54, 1.807) is 0 Å². The summed E-state index contributed by atoms with van der Waals surface area (Å²) in [7, 11) is 0. The molecule has 1 heterocycles. The van der Waals surface area contributed by atoms with Crippen molar-refractivity contribution in [3.05, 3.63) is 53.6 Å². The number of hydrogen-bond donors (Lipinski definition) is 2. The minimum absolute atomic E-state index is 0.0131. The molecule has 2 aromatic rings. The summed E-state index contributed by atoms with van der Waals surface area (Å²) in [5, 5.41) is 2.94. The van der Waals surface area contributed by atoms with Gasteiger partial charge in [0.25, 0.3) is 0 Å². The first-order valence-electron chi connectivity index (χ1n) is 7.30. The van der Waals surface area contributed by atoms with E-state index in [2.05, 4.69) is 34.1 Å². The molecule has 0 bridgehead atoms. The summed E-state index contributed by atoms with van der Waals surface area (Å²) in [5.41, 5.74) is 6.83. The summed E-state index contributed by atoms with van der Waals surface area (Å²) in [4.78, 5) is 11.3. The van der Waals surface area contributed by atoms with E-state index in [0.29, 0.717) is 5.92 Å². The first kappa shape index (κ1) is 17.7. The van der Waals surface area contributed by atoms with E-state index < -0.39 is 11.7 Å². The highest BCUT2D eigenvalue weighted by molar-refractivity contribution is 5.92. The zero-order valence-electron chi connectivity index (χ0n) is 13.3. The Morgan fingerprint density at radius 2 is 1.92 bits per heavy atom. The smallest absolute Gasteiger partial charge is 0.370 e. The molecule has 0 aliphatic carbocycles. The maximum Gasteiger partial charge on any atom is 0.419 e. The Bertz CT molecular complexity index is 708. The molecule has 3 N–H and O–H groups in total. The van der Waals surface area contributed by atoms with Crippen molar-refractivity contribution in [1.29, 1.82) is 0 Å². The van der Waals surface area contributed by atoms with Crippen molar-refractivity contribution in [2.75, 3.05) is 5.32 Å². The maximum atomic E-state index is 12.4. The van der Waals surface area contributed by atoms with Crippen LogP contribution >= 0.6 is 0 Å². The van der Waals surface area contributed by atoms with E-state index in [1.807, 2.05) is 24.3 Å². The molecule has 0 aliphatic rings. The first-order valence-corrected chi connectivity index (χ1v) is 7.30. The second-order valence-corrected chi connectivity index (χ2v) is 5.49. The van der Waals surface area contributed by atoms with Crippen LogP contribution in [0.4, 0.5) is 18.9 Å². The molecular formula is C16H18F3N5. The fourth-order valence-corrected chi connectivity index (χ4v) is 1.90. The van der Waals surface area contributed by atoms with E-state index in [4.69, 9.17) is 5.73 Å². The van der Waals surface area contributed by atoms with Gasteiger partial charge in [-0.1, -0.05) is 26.0 Å². The lowest BCUT2D eigenvalue weighted by Gasteiger charge is -2.10. The number of alkyl halides is 3. The molecule has 5 nitrogen and oxygen atoms in total. The Morgan fingerprint density at radius 3 is 2.50 bits per heavy atom. The number of nitrogens with zero attached hydrogens (tertiary/aromatic N) is 3. The van der Waals surface area contributed by atoms with E-state index in [9.17, 15) is 13.2 Å². The number of benzene rings is 1. The summed E-state index contributed by atoms with van der Waals surface area (Å²) in [5.74, 6) is 0.675. The molecule has 128 valence electrons. The van der Waals surface area contributed by atoms with E-state index in [-0.39, 0.29) is 18.3 Å². The van der Waals surface area contributed by atoms with Crippen LogP contribution in [0.1, 0.15) is 36.7 Å². The lowest BCUT2D eigenvalue weighted by Crippen LogP contribution is -2.22. The van der Waals surface area contributed by atoms with Crippen LogP contribution in [0.15, 0.2) is 41.7 Å². The van der Waals surface area contributed by atoms with Gasteiger partial charge in [-0.25, -0.2) is 15.0 Å². The highest BCUT2D eigenvalue weighted by atomic mass is 19.4. The van der Waals surface area contributed by atoms with Crippen molar-refractivity contribution in [3.8, 4) is 0 Å². The number of aliphatic imine (C=N–C) groups is 1. The normalized spacial score (nSPS) is 12.5. The molecular weight excluding hydrogens is 319 g/mol. The number of anilines is 1. The van der Waals surface area contributed by atoms with Crippen LogP contribution in [0.5, 0.6) is 0 Å². The number of nitrogens with two attached hydrogens (primary N) is 1. The van der Waals surface area contributed by atoms with Crippen molar-refractivity contribution >= 4 is 11.6 Å². The van der Waals surface area contributed by atoms with Crippen LogP contribution in [0.3, 0.4) is 0 Å². The Hall–Kier alpha value is -2.64. The SMILES string of the molecule is CC(C)c1cccc(NC(N)=NCc2ncc(C(F)(F)F)cn2)c1. The highest BCUT2D eigenvalue weighted by Crippen LogP contribution is 2.27. The van der Waals surface area contributed by atoms with Crippen molar-refractivity contribution in [3.63, 3.8) is 0 Å². The van der Waals surface area contributed by atoms with Crippen molar-refractivity contribution in [2.45, 2.75) is 32.5 Å². The van der Waals surface area contributed by atoms with Gasteiger partial charge in [-0.05, 0) is 23.6 Å². The van der Waals surface area contributed by atoms with Crippen molar-refractivity contribution in [2.24, 2.45) is 10.7 Å². The fourth-order valence-electron chi connectivity index (χ4n) is 1.90. The lowest BCUT2D eigenvalue weighted by atomic mass is 10.0. The predicted molar refractivity (Wildman–Crippen MR) is 86.5 cm³/mol. The molecule has 0 saturated heterocycles. The molecule has 0 radical (unpaired) electrons. The third-order valence-electron chi connectivity index (χ3n) is 3.25. The maximum absolute atomic E-state index is 12.4. The molecule has 0 aliphatic heterocycles. The standard InChI is InChI=1S/C16H18F3N5/c1-10(2)11-4-3-5-13(6-11)24-15(20)23-9-14-21-7-12(8-22-14)16(17,18)19/h3-8,10H,9H2,1-2H3,(H3,20,23,24).